The van der Waals surface area contributed by atoms with Crippen molar-refractivity contribution in [3.63, 3.8) is 0 Å². The maximum atomic E-state index is 11.7. The SMILES string of the molecule is CCCCCC(=O)N1CC[C@H](NC)C1. The number of nitrogens with zero attached hydrogens (tertiary/aromatic N) is 1. The predicted octanol–water partition coefficient (Wildman–Crippen LogP) is 1.39. The third-order valence-electron chi connectivity index (χ3n) is 2.94. The van der Waals surface area contributed by atoms with E-state index in [0.717, 1.165) is 32.4 Å². The molecule has 0 radical (unpaired) electrons. The predicted molar refractivity (Wildman–Crippen MR) is 58.2 cm³/mol. The fourth-order valence-corrected chi connectivity index (χ4v) is 1.91. The molecule has 3 heteroatoms. The minimum Gasteiger partial charge on any atom is -0.341 e. The average molecular weight is 198 g/mol. The molecule has 0 spiro atoms. The fourth-order valence-electron chi connectivity index (χ4n) is 1.91. The Balaban J connectivity index is 2.18. The van der Waals surface area contributed by atoms with Crippen molar-refractivity contribution in [1.29, 1.82) is 0 Å². The topological polar surface area (TPSA) is 32.3 Å². The first-order valence-corrected chi connectivity index (χ1v) is 5.73. The van der Waals surface area contributed by atoms with Gasteiger partial charge < -0.3 is 10.2 Å². The van der Waals surface area contributed by atoms with Crippen molar-refractivity contribution in [2.24, 2.45) is 0 Å². The molecular formula is C11H22N2O. The first-order valence-electron chi connectivity index (χ1n) is 5.73. The van der Waals surface area contributed by atoms with Crippen LogP contribution in [-0.4, -0.2) is 37.0 Å². The second-order valence-corrected chi connectivity index (χ2v) is 4.07. The summed E-state index contributed by atoms with van der Waals surface area (Å²) < 4.78 is 0. The monoisotopic (exact) mass is 198 g/mol. The first-order chi connectivity index (χ1) is 6.77. The van der Waals surface area contributed by atoms with Crippen LogP contribution in [0, 0.1) is 0 Å². The maximum Gasteiger partial charge on any atom is 0.222 e. The number of rotatable bonds is 5. The number of likely N-dealkylation sites (N-methyl/N-ethyl adjacent to an activating group) is 1. The van der Waals surface area contributed by atoms with Gasteiger partial charge >= 0.3 is 0 Å². The number of carbonyl (C=O) groups excluding carboxylic acids is 1. The molecule has 1 atom stereocenters. The summed E-state index contributed by atoms with van der Waals surface area (Å²) >= 11 is 0. The van der Waals surface area contributed by atoms with Gasteiger partial charge in [-0.1, -0.05) is 19.8 Å². The third kappa shape index (κ3) is 3.29. The van der Waals surface area contributed by atoms with Crippen molar-refractivity contribution in [3.8, 4) is 0 Å². The Hall–Kier alpha value is -0.570. The van der Waals surface area contributed by atoms with Crippen LogP contribution >= 0.6 is 0 Å². The molecule has 0 aliphatic carbocycles. The van der Waals surface area contributed by atoms with E-state index in [1.54, 1.807) is 0 Å². The second kappa shape index (κ2) is 6.02. The number of likely N-dealkylation sites (tertiary alicyclic amines) is 1. The van der Waals surface area contributed by atoms with Crippen LogP contribution in [0.25, 0.3) is 0 Å². The van der Waals surface area contributed by atoms with E-state index in [2.05, 4.69) is 12.2 Å². The molecule has 1 fully saturated rings. The molecule has 1 aliphatic rings. The minimum atomic E-state index is 0.344. The molecule has 1 heterocycles. The van der Waals surface area contributed by atoms with E-state index in [9.17, 15) is 4.79 Å². The van der Waals surface area contributed by atoms with Crippen molar-refractivity contribution in [2.75, 3.05) is 20.1 Å². The van der Waals surface area contributed by atoms with E-state index in [0.29, 0.717) is 11.9 Å². The lowest BCUT2D eigenvalue weighted by molar-refractivity contribution is -0.130. The summed E-state index contributed by atoms with van der Waals surface area (Å²) in [6.45, 7) is 4.01. The molecule has 1 rings (SSSR count). The van der Waals surface area contributed by atoms with Gasteiger partial charge in [0, 0.05) is 25.6 Å². The van der Waals surface area contributed by atoms with Gasteiger partial charge in [-0.15, -0.1) is 0 Å². The molecule has 1 amide bonds. The summed E-state index contributed by atoms with van der Waals surface area (Å²) in [5.41, 5.74) is 0. The molecule has 0 bridgehead atoms. The van der Waals surface area contributed by atoms with Crippen LogP contribution in [0.15, 0.2) is 0 Å². The van der Waals surface area contributed by atoms with E-state index in [-0.39, 0.29) is 0 Å². The van der Waals surface area contributed by atoms with Crippen LogP contribution in [0.1, 0.15) is 39.0 Å². The van der Waals surface area contributed by atoms with Crippen molar-refractivity contribution in [1.82, 2.24) is 10.2 Å². The van der Waals surface area contributed by atoms with Gasteiger partial charge in [-0.25, -0.2) is 0 Å². The Labute approximate surface area is 86.9 Å². The zero-order valence-corrected chi connectivity index (χ0v) is 9.38. The largest absolute Gasteiger partial charge is 0.341 e. The van der Waals surface area contributed by atoms with Crippen molar-refractivity contribution < 1.29 is 4.79 Å². The number of hydrogen-bond donors (Lipinski definition) is 1. The molecule has 0 aromatic carbocycles. The molecule has 14 heavy (non-hydrogen) atoms. The van der Waals surface area contributed by atoms with Crippen molar-refractivity contribution in [2.45, 2.75) is 45.1 Å². The standard InChI is InChI=1S/C11H22N2O/c1-3-4-5-6-11(14)13-8-7-10(9-13)12-2/h10,12H,3-9H2,1-2H3/t10-/m0/s1. The Kier molecular flexibility index (Phi) is 4.94. The number of carbonyl (C=O) groups is 1. The lowest BCUT2D eigenvalue weighted by Crippen LogP contribution is -2.33. The summed E-state index contributed by atoms with van der Waals surface area (Å²) in [6, 6.07) is 0.519. The maximum absolute atomic E-state index is 11.7. The highest BCUT2D eigenvalue weighted by molar-refractivity contribution is 5.76. The van der Waals surface area contributed by atoms with Gasteiger partial charge in [0.1, 0.15) is 0 Å². The van der Waals surface area contributed by atoms with E-state index in [4.69, 9.17) is 0 Å². The average Bonchev–Trinajstić information content (AvgIpc) is 2.66. The van der Waals surface area contributed by atoms with E-state index in [1.165, 1.54) is 12.8 Å². The van der Waals surface area contributed by atoms with Crippen LogP contribution in [0.5, 0.6) is 0 Å². The number of hydrogen-bond acceptors (Lipinski definition) is 2. The highest BCUT2D eigenvalue weighted by atomic mass is 16.2. The zero-order valence-electron chi connectivity index (χ0n) is 9.38. The number of unbranched alkanes of at least 4 members (excludes halogenated alkanes) is 2. The van der Waals surface area contributed by atoms with Gasteiger partial charge in [-0.3, -0.25) is 4.79 Å². The quantitative estimate of drug-likeness (QED) is 0.677. The number of nitrogens with one attached hydrogen (secondary N) is 1. The molecule has 0 unspecified atom stereocenters. The molecule has 1 aliphatic heterocycles. The highest BCUT2D eigenvalue weighted by Crippen LogP contribution is 2.11. The summed E-state index contributed by atoms with van der Waals surface area (Å²) in [5.74, 6) is 0.344. The molecule has 0 aromatic rings. The van der Waals surface area contributed by atoms with E-state index < -0.39 is 0 Å². The lowest BCUT2D eigenvalue weighted by atomic mass is 10.2. The van der Waals surface area contributed by atoms with Crippen molar-refractivity contribution >= 4 is 5.91 Å². The van der Waals surface area contributed by atoms with Crippen LogP contribution in [0.3, 0.4) is 0 Å². The Bertz CT molecular complexity index is 182. The van der Waals surface area contributed by atoms with Crippen LogP contribution in [-0.2, 0) is 4.79 Å². The molecule has 0 saturated carbocycles. The summed E-state index contributed by atoms with van der Waals surface area (Å²) in [6.07, 6.45) is 5.26. The normalized spacial score (nSPS) is 21.6. The third-order valence-corrected chi connectivity index (χ3v) is 2.94. The van der Waals surface area contributed by atoms with Crippen LogP contribution in [0.4, 0.5) is 0 Å². The summed E-state index contributed by atoms with van der Waals surface area (Å²) in [5, 5.41) is 3.22. The lowest BCUT2D eigenvalue weighted by Gasteiger charge is -2.16. The number of amides is 1. The van der Waals surface area contributed by atoms with Gasteiger partial charge in [0.15, 0.2) is 0 Å². The molecule has 82 valence electrons. The molecular weight excluding hydrogens is 176 g/mol. The summed E-state index contributed by atoms with van der Waals surface area (Å²) in [4.78, 5) is 13.7. The van der Waals surface area contributed by atoms with E-state index in [1.807, 2.05) is 11.9 Å². The smallest absolute Gasteiger partial charge is 0.222 e. The first kappa shape index (κ1) is 11.5. The molecule has 3 nitrogen and oxygen atoms in total. The van der Waals surface area contributed by atoms with Gasteiger partial charge in [-0.2, -0.15) is 0 Å². The molecule has 1 N–H and O–H groups in total. The Morgan fingerprint density at radius 2 is 2.29 bits per heavy atom. The zero-order chi connectivity index (χ0) is 10.4. The fraction of sp³-hybridized carbons (Fsp3) is 0.909. The Morgan fingerprint density at radius 1 is 1.50 bits per heavy atom. The highest BCUT2D eigenvalue weighted by Gasteiger charge is 2.24. The summed E-state index contributed by atoms with van der Waals surface area (Å²) in [7, 11) is 1.97. The minimum absolute atomic E-state index is 0.344. The molecule has 0 aromatic heterocycles. The Morgan fingerprint density at radius 3 is 2.86 bits per heavy atom. The van der Waals surface area contributed by atoms with Gasteiger partial charge in [0.2, 0.25) is 5.91 Å². The second-order valence-electron chi connectivity index (χ2n) is 4.07. The molecule has 1 saturated heterocycles. The van der Waals surface area contributed by atoms with Gasteiger partial charge in [0.25, 0.3) is 0 Å². The van der Waals surface area contributed by atoms with Gasteiger partial charge in [-0.05, 0) is 19.9 Å². The van der Waals surface area contributed by atoms with Crippen LogP contribution in [0.2, 0.25) is 0 Å². The van der Waals surface area contributed by atoms with Crippen LogP contribution < -0.4 is 5.32 Å². The van der Waals surface area contributed by atoms with E-state index >= 15 is 0 Å². The van der Waals surface area contributed by atoms with Gasteiger partial charge in [0.05, 0.1) is 0 Å². The van der Waals surface area contributed by atoms with Crippen molar-refractivity contribution in [3.05, 3.63) is 0 Å².